The van der Waals surface area contributed by atoms with Gasteiger partial charge in [-0.3, -0.25) is 4.79 Å². The Balaban J connectivity index is 2.34. The number of nitrogen functional groups attached to an aromatic ring is 1. The minimum Gasteiger partial charge on any atom is -0.396 e. The topological polar surface area (TPSA) is 55.1 Å². The van der Waals surface area contributed by atoms with E-state index in [0.29, 0.717) is 14.6 Å². The Kier molecular flexibility index (Phi) is 4.21. The normalized spacial score (nSPS) is 10.3. The van der Waals surface area contributed by atoms with E-state index in [1.807, 2.05) is 6.07 Å². The summed E-state index contributed by atoms with van der Waals surface area (Å²) in [5.74, 6) is -1.08. The van der Waals surface area contributed by atoms with Gasteiger partial charge in [-0.1, -0.05) is 12.1 Å². The Bertz CT molecular complexity index is 626. The molecule has 0 heterocycles. The van der Waals surface area contributed by atoms with Gasteiger partial charge < -0.3 is 11.1 Å². The minimum absolute atomic E-state index is 0.0997. The smallest absolute Gasteiger partial charge is 0.257 e. The minimum atomic E-state index is -0.612. The van der Waals surface area contributed by atoms with E-state index in [0.717, 1.165) is 0 Å². The van der Waals surface area contributed by atoms with E-state index in [4.69, 9.17) is 5.73 Å². The van der Waals surface area contributed by atoms with Crippen molar-refractivity contribution in [1.29, 1.82) is 0 Å². The highest BCUT2D eigenvalue weighted by Crippen LogP contribution is 2.31. The molecule has 3 N–H and O–H groups in total. The van der Waals surface area contributed by atoms with Crippen molar-refractivity contribution in [3.05, 3.63) is 56.7 Å². The zero-order valence-electron chi connectivity index (χ0n) is 9.58. The summed E-state index contributed by atoms with van der Waals surface area (Å²) < 4.78 is 14.7. The van der Waals surface area contributed by atoms with Gasteiger partial charge in [-0.2, -0.15) is 0 Å². The summed E-state index contributed by atoms with van der Waals surface area (Å²) in [6, 6.07) is 9.51. The van der Waals surface area contributed by atoms with Gasteiger partial charge in [-0.15, -0.1) is 0 Å². The van der Waals surface area contributed by atoms with Gasteiger partial charge in [-0.25, -0.2) is 4.39 Å². The maximum absolute atomic E-state index is 13.3. The maximum Gasteiger partial charge on any atom is 0.257 e. The monoisotopic (exact) mass is 386 g/mol. The molecular weight excluding hydrogens is 379 g/mol. The molecule has 2 rings (SSSR count). The molecule has 0 unspecified atom stereocenters. The van der Waals surface area contributed by atoms with E-state index in [9.17, 15) is 9.18 Å². The number of para-hydroxylation sites is 2. The van der Waals surface area contributed by atoms with Crippen LogP contribution in [0.15, 0.2) is 45.3 Å². The molecule has 19 heavy (non-hydrogen) atoms. The number of hydrogen-bond donors (Lipinski definition) is 2. The van der Waals surface area contributed by atoms with Crippen LogP contribution in [0.3, 0.4) is 0 Å². The molecule has 3 nitrogen and oxygen atoms in total. The number of anilines is 2. The molecule has 0 aliphatic heterocycles. The summed E-state index contributed by atoms with van der Waals surface area (Å²) in [5.41, 5.74) is 6.06. The molecule has 0 atom stereocenters. The third-order valence-corrected chi connectivity index (χ3v) is 3.82. The number of amides is 1. The number of carbonyl (C=O) groups excluding carboxylic acids is 1. The molecule has 0 fully saturated rings. The fraction of sp³-hybridized carbons (Fsp3) is 0. The van der Waals surface area contributed by atoms with E-state index >= 15 is 0 Å². The summed E-state index contributed by atoms with van der Waals surface area (Å²) >= 11 is 6.66. The van der Waals surface area contributed by atoms with Crippen molar-refractivity contribution in [1.82, 2.24) is 0 Å². The Morgan fingerprint density at radius 3 is 2.32 bits per heavy atom. The van der Waals surface area contributed by atoms with Crippen LogP contribution in [-0.4, -0.2) is 5.91 Å². The van der Waals surface area contributed by atoms with Crippen LogP contribution in [0.4, 0.5) is 15.8 Å². The van der Waals surface area contributed by atoms with Gasteiger partial charge in [0.25, 0.3) is 5.91 Å². The Morgan fingerprint density at radius 1 is 1.11 bits per heavy atom. The molecule has 0 bridgehead atoms. The summed E-state index contributed by atoms with van der Waals surface area (Å²) in [5, 5.41) is 2.68. The number of nitrogens with one attached hydrogen (secondary N) is 1. The Labute approximate surface area is 126 Å². The number of rotatable bonds is 2. The molecule has 0 saturated carbocycles. The number of carbonyl (C=O) groups is 1. The van der Waals surface area contributed by atoms with Gasteiger partial charge in [0.05, 0.1) is 16.9 Å². The summed E-state index contributed by atoms with van der Waals surface area (Å²) in [4.78, 5) is 12.1. The Hall–Kier alpha value is -1.40. The van der Waals surface area contributed by atoms with Gasteiger partial charge in [0.1, 0.15) is 5.82 Å². The predicted molar refractivity (Wildman–Crippen MR) is 80.6 cm³/mol. The predicted octanol–water partition coefficient (Wildman–Crippen LogP) is 4.19. The summed E-state index contributed by atoms with van der Waals surface area (Å²) in [6.07, 6.45) is 0. The lowest BCUT2D eigenvalue weighted by molar-refractivity contribution is 0.102. The Morgan fingerprint density at radius 2 is 1.68 bits per heavy atom. The molecule has 0 saturated heterocycles. The molecule has 2 aromatic carbocycles. The van der Waals surface area contributed by atoms with Crippen LogP contribution in [0.2, 0.25) is 0 Å². The number of hydrogen-bond acceptors (Lipinski definition) is 2. The third-order valence-electron chi connectivity index (χ3n) is 2.50. The van der Waals surface area contributed by atoms with Crippen LogP contribution in [0.5, 0.6) is 0 Å². The quantitative estimate of drug-likeness (QED) is 0.759. The van der Waals surface area contributed by atoms with E-state index in [1.54, 1.807) is 12.1 Å². The van der Waals surface area contributed by atoms with Crippen LogP contribution in [0.25, 0.3) is 0 Å². The van der Waals surface area contributed by atoms with Gasteiger partial charge >= 0.3 is 0 Å². The number of halogens is 3. The zero-order chi connectivity index (χ0) is 14.0. The summed E-state index contributed by atoms with van der Waals surface area (Å²) in [7, 11) is 0. The van der Waals surface area contributed by atoms with Gasteiger partial charge in [0.2, 0.25) is 0 Å². The average molecular weight is 388 g/mol. The molecule has 98 valence electrons. The first-order chi connectivity index (χ1) is 9.00. The second-order valence-corrected chi connectivity index (χ2v) is 5.46. The summed E-state index contributed by atoms with van der Waals surface area (Å²) in [6.45, 7) is 0. The van der Waals surface area contributed by atoms with Crippen LogP contribution in [0, 0.1) is 5.82 Å². The first-order valence-corrected chi connectivity index (χ1v) is 6.88. The second kappa shape index (κ2) is 5.71. The highest BCUT2D eigenvalue weighted by molar-refractivity contribution is 9.11. The first-order valence-electron chi connectivity index (χ1n) is 5.30. The van der Waals surface area contributed by atoms with Gasteiger partial charge in [0, 0.05) is 8.95 Å². The fourth-order valence-electron chi connectivity index (χ4n) is 1.53. The molecular formula is C13H9Br2FN2O. The highest BCUT2D eigenvalue weighted by Gasteiger charge is 2.15. The number of nitrogens with two attached hydrogens (primary N) is 1. The first kappa shape index (κ1) is 14.0. The van der Waals surface area contributed by atoms with Crippen molar-refractivity contribution < 1.29 is 9.18 Å². The maximum atomic E-state index is 13.3. The highest BCUT2D eigenvalue weighted by atomic mass is 79.9. The van der Waals surface area contributed by atoms with Crippen LogP contribution >= 0.6 is 31.9 Å². The SMILES string of the molecule is Nc1c(F)cccc1C(=O)Nc1c(Br)cccc1Br. The van der Waals surface area contributed by atoms with Crippen molar-refractivity contribution in [2.75, 3.05) is 11.1 Å². The van der Waals surface area contributed by atoms with Crippen molar-refractivity contribution in [2.45, 2.75) is 0 Å². The van der Waals surface area contributed by atoms with Crippen molar-refractivity contribution in [3.8, 4) is 0 Å². The second-order valence-electron chi connectivity index (χ2n) is 3.75. The lowest BCUT2D eigenvalue weighted by Crippen LogP contribution is -2.15. The van der Waals surface area contributed by atoms with Crippen LogP contribution in [-0.2, 0) is 0 Å². The van der Waals surface area contributed by atoms with Crippen molar-refractivity contribution >= 4 is 49.1 Å². The molecule has 0 spiro atoms. The molecule has 6 heteroatoms. The average Bonchev–Trinajstić information content (AvgIpc) is 2.37. The van der Waals surface area contributed by atoms with Crippen molar-refractivity contribution in [3.63, 3.8) is 0 Å². The molecule has 0 aliphatic carbocycles. The van der Waals surface area contributed by atoms with Gasteiger partial charge in [-0.05, 0) is 56.1 Å². The van der Waals surface area contributed by atoms with E-state index in [2.05, 4.69) is 37.2 Å². The molecule has 0 aliphatic rings. The lowest BCUT2D eigenvalue weighted by atomic mass is 10.1. The standard InChI is InChI=1S/C13H9Br2FN2O/c14-8-4-2-5-9(15)12(8)18-13(19)7-3-1-6-10(16)11(7)17/h1-6H,17H2,(H,18,19). The van der Waals surface area contributed by atoms with E-state index in [1.165, 1.54) is 18.2 Å². The molecule has 2 aromatic rings. The van der Waals surface area contributed by atoms with Crippen molar-refractivity contribution in [2.24, 2.45) is 0 Å². The van der Waals surface area contributed by atoms with Crippen LogP contribution in [0.1, 0.15) is 10.4 Å². The largest absolute Gasteiger partial charge is 0.396 e. The third kappa shape index (κ3) is 2.96. The fourth-order valence-corrected chi connectivity index (χ4v) is 2.73. The van der Waals surface area contributed by atoms with Gasteiger partial charge in [0.15, 0.2) is 0 Å². The van der Waals surface area contributed by atoms with E-state index < -0.39 is 11.7 Å². The van der Waals surface area contributed by atoms with Crippen LogP contribution < -0.4 is 11.1 Å². The molecule has 0 radical (unpaired) electrons. The lowest BCUT2D eigenvalue weighted by Gasteiger charge is -2.11. The number of benzene rings is 2. The molecule has 1 amide bonds. The molecule has 0 aromatic heterocycles. The van der Waals surface area contributed by atoms with E-state index in [-0.39, 0.29) is 11.3 Å². The zero-order valence-corrected chi connectivity index (χ0v) is 12.8.